The molecule has 1 heterocycles. The van der Waals surface area contributed by atoms with Crippen LogP contribution in [0, 0.1) is 0 Å². The zero-order chi connectivity index (χ0) is 18.8. The van der Waals surface area contributed by atoms with Gasteiger partial charge in [-0.2, -0.15) is 0 Å². The highest BCUT2D eigenvalue weighted by molar-refractivity contribution is 6.09. The van der Waals surface area contributed by atoms with Gasteiger partial charge < -0.3 is 10.6 Å². The first-order valence-corrected chi connectivity index (χ1v) is 8.22. The van der Waals surface area contributed by atoms with E-state index in [4.69, 9.17) is 0 Å². The van der Waals surface area contributed by atoms with Crippen molar-refractivity contribution >= 4 is 17.8 Å². The first-order valence-electron chi connectivity index (χ1n) is 8.22. The Morgan fingerprint density at radius 3 is 2.40 bits per heavy atom. The molecule has 4 amide bonds. The molecule has 0 radical (unpaired) electrons. The van der Waals surface area contributed by atoms with Gasteiger partial charge in [-0.25, -0.2) is 4.79 Å². The van der Waals surface area contributed by atoms with E-state index in [1.165, 1.54) is 6.08 Å². The van der Waals surface area contributed by atoms with Crippen LogP contribution in [0.1, 0.15) is 38.8 Å². The molecule has 25 heavy (non-hydrogen) atoms. The van der Waals surface area contributed by atoms with Crippen LogP contribution < -0.4 is 10.6 Å². The Morgan fingerprint density at radius 1 is 1.28 bits per heavy atom. The first kappa shape index (κ1) is 18.7. The molecule has 1 saturated heterocycles. The molecule has 0 saturated carbocycles. The van der Waals surface area contributed by atoms with Crippen molar-refractivity contribution in [1.82, 2.24) is 15.5 Å². The summed E-state index contributed by atoms with van der Waals surface area (Å²) in [6.07, 6.45) is 1.53. The Labute approximate surface area is 148 Å². The number of carbonyl (C=O) groups excluding carboxylic acids is 3. The van der Waals surface area contributed by atoms with Crippen molar-refractivity contribution in [2.45, 2.75) is 38.6 Å². The number of imide groups is 1. The van der Waals surface area contributed by atoms with Crippen LogP contribution in [0.5, 0.6) is 0 Å². The lowest BCUT2D eigenvalue weighted by atomic mass is 9.84. The van der Waals surface area contributed by atoms with Crippen molar-refractivity contribution < 1.29 is 14.4 Å². The molecule has 2 rings (SSSR count). The fraction of sp³-hybridized carbons (Fsp3) is 0.421. The molecule has 1 atom stereocenters. The van der Waals surface area contributed by atoms with Gasteiger partial charge in [0.2, 0.25) is 5.91 Å². The van der Waals surface area contributed by atoms with Crippen LogP contribution in [0.25, 0.3) is 0 Å². The summed E-state index contributed by atoms with van der Waals surface area (Å²) in [5.41, 5.74) is 0.647. The van der Waals surface area contributed by atoms with Crippen molar-refractivity contribution in [2.75, 3.05) is 13.1 Å². The van der Waals surface area contributed by atoms with Crippen molar-refractivity contribution in [3.8, 4) is 0 Å². The van der Waals surface area contributed by atoms with E-state index in [2.05, 4.69) is 38.0 Å². The van der Waals surface area contributed by atoms with Crippen LogP contribution in [0.2, 0.25) is 0 Å². The molecular formula is C19H25N3O3. The third kappa shape index (κ3) is 3.73. The lowest BCUT2D eigenvalue weighted by Crippen LogP contribution is -2.43. The molecule has 1 unspecified atom stereocenters. The summed E-state index contributed by atoms with van der Waals surface area (Å²) in [5, 5.41) is 5.26. The van der Waals surface area contributed by atoms with Gasteiger partial charge in [0, 0.05) is 6.54 Å². The van der Waals surface area contributed by atoms with E-state index >= 15 is 0 Å². The Balaban J connectivity index is 2.21. The molecular weight excluding hydrogens is 318 g/mol. The van der Waals surface area contributed by atoms with Gasteiger partial charge in [0.1, 0.15) is 12.1 Å². The van der Waals surface area contributed by atoms with Crippen molar-refractivity contribution in [3.63, 3.8) is 0 Å². The largest absolute Gasteiger partial charge is 0.351 e. The zero-order valence-corrected chi connectivity index (χ0v) is 15.2. The maximum atomic E-state index is 12.8. The van der Waals surface area contributed by atoms with Gasteiger partial charge in [-0.15, -0.1) is 6.58 Å². The van der Waals surface area contributed by atoms with E-state index in [1.54, 1.807) is 6.92 Å². The van der Waals surface area contributed by atoms with E-state index in [1.807, 2.05) is 24.3 Å². The Morgan fingerprint density at radius 2 is 1.88 bits per heavy atom. The summed E-state index contributed by atoms with van der Waals surface area (Å²) >= 11 is 0. The zero-order valence-electron chi connectivity index (χ0n) is 15.2. The number of nitrogens with one attached hydrogen (secondary N) is 2. The number of rotatable bonds is 5. The van der Waals surface area contributed by atoms with Crippen molar-refractivity contribution in [2.24, 2.45) is 0 Å². The average Bonchev–Trinajstić information content (AvgIpc) is 2.76. The number of benzene rings is 1. The molecule has 1 aliphatic heterocycles. The van der Waals surface area contributed by atoms with Gasteiger partial charge in [-0.1, -0.05) is 51.1 Å². The highest BCUT2D eigenvalue weighted by Crippen LogP contribution is 2.30. The summed E-state index contributed by atoms with van der Waals surface area (Å²) < 4.78 is 0. The van der Waals surface area contributed by atoms with Gasteiger partial charge in [0.15, 0.2) is 0 Å². The Kier molecular flexibility index (Phi) is 5.02. The number of hydrogen-bond acceptors (Lipinski definition) is 3. The fourth-order valence-electron chi connectivity index (χ4n) is 2.73. The van der Waals surface area contributed by atoms with E-state index in [-0.39, 0.29) is 18.5 Å². The van der Waals surface area contributed by atoms with Crippen molar-refractivity contribution in [3.05, 3.63) is 48.0 Å². The van der Waals surface area contributed by atoms with Crippen LogP contribution in [-0.2, 0) is 20.5 Å². The molecule has 1 aromatic rings. The van der Waals surface area contributed by atoms with Crippen LogP contribution in [-0.4, -0.2) is 35.8 Å². The Hall–Kier alpha value is -2.63. The Bertz CT molecular complexity index is 704. The van der Waals surface area contributed by atoms with E-state index in [9.17, 15) is 14.4 Å². The number of carbonyl (C=O) groups is 3. The quantitative estimate of drug-likeness (QED) is 0.634. The van der Waals surface area contributed by atoms with E-state index in [0.717, 1.165) is 10.5 Å². The molecule has 0 aliphatic carbocycles. The maximum absolute atomic E-state index is 12.8. The minimum absolute atomic E-state index is 0.00234. The molecule has 1 aliphatic rings. The van der Waals surface area contributed by atoms with Gasteiger partial charge in [-0.3, -0.25) is 14.5 Å². The van der Waals surface area contributed by atoms with E-state index in [0.29, 0.717) is 5.56 Å². The monoisotopic (exact) mass is 343 g/mol. The smallest absolute Gasteiger partial charge is 0.325 e. The third-order valence-electron chi connectivity index (χ3n) is 4.35. The minimum Gasteiger partial charge on any atom is -0.351 e. The number of urea groups is 1. The molecule has 1 aromatic carbocycles. The standard InChI is InChI=1S/C19H25N3O3/c1-6-11-20-15(23)12-22-16(24)19(5,21-17(22)25)14-9-7-13(8-10-14)18(2,3)4/h6-10H,1,11-12H2,2-5H3,(H,20,23)(H,21,25). The maximum Gasteiger partial charge on any atom is 0.325 e. The van der Waals surface area contributed by atoms with Crippen LogP contribution >= 0.6 is 0 Å². The summed E-state index contributed by atoms with van der Waals surface area (Å²) in [4.78, 5) is 37.7. The average molecular weight is 343 g/mol. The summed E-state index contributed by atoms with van der Waals surface area (Å²) in [7, 11) is 0. The molecule has 0 aromatic heterocycles. The van der Waals surface area contributed by atoms with Crippen LogP contribution in [0.15, 0.2) is 36.9 Å². The van der Waals surface area contributed by atoms with Crippen LogP contribution in [0.4, 0.5) is 4.79 Å². The minimum atomic E-state index is -1.17. The second-order valence-corrected chi connectivity index (χ2v) is 7.37. The second-order valence-electron chi connectivity index (χ2n) is 7.37. The molecule has 1 fully saturated rings. The molecule has 0 spiro atoms. The van der Waals surface area contributed by atoms with E-state index < -0.39 is 23.4 Å². The molecule has 2 N–H and O–H groups in total. The van der Waals surface area contributed by atoms with Gasteiger partial charge >= 0.3 is 6.03 Å². The molecule has 6 nitrogen and oxygen atoms in total. The summed E-state index contributed by atoms with van der Waals surface area (Å²) in [6, 6.07) is 7.04. The highest BCUT2D eigenvalue weighted by atomic mass is 16.2. The number of hydrogen-bond donors (Lipinski definition) is 2. The fourth-order valence-corrected chi connectivity index (χ4v) is 2.73. The first-order chi connectivity index (χ1) is 11.6. The number of amides is 4. The van der Waals surface area contributed by atoms with Gasteiger partial charge in [0.25, 0.3) is 5.91 Å². The molecule has 134 valence electrons. The molecule has 0 bridgehead atoms. The summed E-state index contributed by atoms with van der Waals surface area (Å²) in [6.45, 7) is 11.5. The highest BCUT2D eigenvalue weighted by Gasteiger charge is 2.49. The SMILES string of the molecule is C=CCNC(=O)CN1C(=O)NC(C)(c2ccc(C(C)(C)C)cc2)C1=O. The second kappa shape index (κ2) is 6.70. The normalized spacial score (nSPS) is 20.4. The summed E-state index contributed by atoms with van der Waals surface area (Å²) in [5.74, 6) is -0.842. The van der Waals surface area contributed by atoms with Crippen molar-refractivity contribution in [1.29, 1.82) is 0 Å². The topological polar surface area (TPSA) is 78.5 Å². The lowest BCUT2D eigenvalue weighted by Gasteiger charge is -2.24. The molecule has 6 heteroatoms. The number of nitrogens with zero attached hydrogens (tertiary/aromatic N) is 1. The van der Waals surface area contributed by atoms with Crippen LogP contribution in [0.3, 0.4) is 0 Å². The van der Waals surface area contributed by atoms with Gasteiger partial charge in [-0.05, 0) is 23.5 Å². The predicted molar refractivity (Wildman–Crippen MR) is 95.9 cm³/mol. The predicted octanol–water partition coefficient (Wildman–Crippen LogP) is 2.05. The lowest BCUT2D eigenvalue weighted by molar-refractivity contribution is -0.134. The third-order valence-corrected chi connectivity index (χ3v) is 4.35. The van der Waals surface area contributed by atoms with Gasteiger partial charge in [0.05, 0.1) is 0 Å².